The second-order valence-electron chi connectivity index (χ2n) is 5.59. The summed E-state index contributed by atoms with van der Waals surface area (Å²) in [5.41, 5.74) is 6.16. The molecule has 110 valence electrons. The maximum Gasteiger partial charge on any atom is 0.145 e. The van der Waals surface area contributed by atoms with E-state index in [4.69, 9.17) is 0 Å². The third-order valence-corrected chi connectivity index (χ3v) is 4.10. The minimum absolute atomic E-state index is 0.0998. The number of hydrogen-bond acceptors (Lipinski definition) is 4. The molecule has 0 saturated carbocycles. The fraction of sp³-hybridized carbons (Fsp3) is 0.250. The van der Waals surface area contributed by atoms with Crippen molar-refractivity contribution in [3.05, 3.63) is 47.5 Å². The molecule has 0 fully saturated rings. The molecule has 4 rings (SSSR count). The zero-order valence-corrected chi connectivity index (χ0v) is 12.7. The standard InChI is InChI=1S/C16H16N6/c1-10-6-4-8-13-15(10)21(19-17-13)12(3)22-16-11(2)7-5-9-14(16)18-20-22/h4-9,12H,1-3H3. The van der Waals surface area contributed by atoms with Crippen molar-refractivity contribution >= 4 is 22.1 Å². The van der Waals surface area contributed by atoms with Crippen LogP contribution in [0.25, 0.3) is 22.1 Å². The van der Waals surface area contributed by atoms with Gasteiger partial charge in [-0.25, -0.2) is 9.36 Å². The number of benzene rings is 2. The Morgan fingerprint density at radius 2 is 1.23 bits per heavy atom. The van der Waals surface area contributed by atoms with Gasteiger partial charge in [-0.05, 0) is 44.0 Å². The summed E-state index contributed by atoms with van der Waals surface area (Å²) in [7, 11) is 0. The van der Waals surface area contributed by atoms with Gasteiger partial charge in [-0.2, -0.15) is 0 Å². The van der Waals surface area contributed by atoms with Crippen molar-refractivity contribution < 1.29 is 0 Å². The van der Waals surface area contributed by atoms with E-state index in [2.05, 4.69) is 53.5 Å². The van der Waals surface area contributed by atoms with Gasteiger partial charge in [-0.3, -0.25) is 0 Å². The van der Waals surface area contributed by atoms with Gasteiger partial charge in [0.25, 0.3) is 0 Å². The van der Waals surface area contributed by atoms with Crippen molar-refractivity contribution in [1.82, 2.24) is 30.0 Å². The lowest BCUT2D eigenvalue weighted by molar-refractivity contribution is 0.393. The molecule has 2 aromatic carbocycles. The average molecular weight is 292 g/mol. The quantitative estimate of drug-likeness (QED) is 0.570. The molecule has 2 heterocycles. The highest BCUT2D eigenvalue weighted by molar-refractivity contribution is 5.79. The molecule has 2 aromatic heterocycles. The normalized spacial score (nSPS) is 11.8. The fourth-order valence-corrected chi connectivity index (χ4v) is 2.95. The van der Waals surface area contributed by atoms with Crippen molar-refractivity contribution in [3.63, 3.8) is 0 Å². The Bertz CT molecular complexity index is 901. The lowest BCUT2D eigenvalue weighted by Gasteiger charge is -2.15. The van der Waals surface area contributed by atoms with E-state index in [-0.39, 0.29) is 6.17 Å². The first-order chi connectivity index (χ1) is 10.7. The molecule has 0 N–H and O–H groups in total. The Kier molecular flexibility index (Phi) is 2.72. The Hall–Kier alpha value is -2.76. The van der Waals surface area contributed by atoms with Crippen LogP contribution in [0.15, 0.2) is 36.4 Å². The van der Waals surface area contributed by atoms with Gasteiger partial charge in [-0.15, -0.1) is 10.2 Å². The van der Waals surface area contributed by atoms with Crippen LogP contribution in [0.3, 0.4) is 0 Å². The molecule has 0 amide bonds. The van der Waals surface area contributed by atoms with Crippen molar-refractivity contribution in [2.45, 2.75) is 26.9 Å². The summed E-state index contributed by atoms with van der Waals surface area (Å²) in [4.78, 5) is 0. The predicted molar refractivity (Wildman–Crippen MR) is 84.6 cm³/mol. The van der Waals surface area contributed by atoms with Gasteiger partial charge in [0.05, 0.1) is 11.0 Å². The number of nitrogens with zero attached hydrogens (tertiary/aromatic N) is 6. The van der Waals surface area contributed by atoms with E-state index in [0.717, 1.165) is 33.2 Å². The van der Waals surface area contributed by atoms with Gasteiger partial charge >= 0.3 is 0 Å². The van der Waals surface area contributed by atoms with Gasteiger partial charge in [0.1, 0.15) is 17.2 Å². The van der Waals surface area contributed by atoms with E-state index in [1.165, 1.54) is 0 Å². The molecule has 0 bridgehead atoms. The van der Waals surface area contributed by atoms with Gasteiger partial charge < -0.3 is 0 Å². The number of aryl methyl sites for hydroxylation is 2. The molecule has 0 aliphatic rings. The summed E-state index contributed by atoms with van der Waals surface area (Å²) in [6.07, 6.45) is -0.0998. The molecule has 0 saturated heterocycles. The van der Waals surface area contributed by atoms with E-state index in [0.29, 0.717) is 0 Å². The van der Waals surface area contributed by atoms with Gasteiger partial charge in [-0.1, -0.05) is 34.7 Å². The Morgan fingerprint density at radius 3 is 1.68 bits per heavy atom. The maximum absolute atomic E-state index is 4.33. The number of para-hydroxylation sites is 2. The van der Waals surface area contributed by atoms with E-state index in [1.54, 1.807) is 0 Å². The third-order valence-electron chi connectivity index (χ3n) is 4.10. The zero-order chi connectivity index (χ0) is 15.3. The minimum atomic E-state index is -0.0998. The molecule has 0 aliphatic carbocycles. The smallest absolute Gasteiger partial charge is 0.145 e. The number of rotatable bonds is 2. The van der Waals surface area contributed by atoms with Crippen LogP contribution in [-0.2, 0) is 0 Å². The summed E-state index contributed by atoms with van der Waals surface area (Å²) in [6.45, 7) is 6.19. The van der Waals surface area contributed by atoms with E-state index < -0.39 is 0 Å². The molecule has 0 atom stereocenters. The zero-order valence-electron chi connectivity index (χ0n) is 12.7. The molecule has 0 spiro atoms. The lowest BCUT2D eigenvalue weighted by atomic mass is 10.2. The van der Waals surface area contributed by atoms with Crippen LogP contribution in [0, 0.1) is 13.8 Å². The lowest BCUT2D eigenvalue weighted by Crippen LogP contribution is -2.18. The van der Waals surface area contributed by atoms with Crippen molar-refractivity contribution in [3.8, 4) is 0 Å². The minimum Gasteiger partial charge on any atom is -0.220 e. The molecule has 6 heteroatoms. The van der Waals surface area contributed by atoms with Crippen molar-refractivity contribution in [1.29, 1.82) is 0 Å². The van der Waals surface area contributed by atoms with Crippen molar-refractivity contribution in [2.75, 3.05) is 0 Å². The summed E-state index contributed by atoms with van der Waals surface area (Å²) in [5.74, 6) is 0. The highest BCUT2D eigenvalue weighted by Gasteiger charge is 2.18. The van der Waals surface area contributed by atoms with Crippen LogP contribution in [-0.4, -0.2) is 30.0 Å². The van der Waals surface area contributed by atoms with Crippen LogP contribution < -0.4 is 0 Å². The average Bonchev–Trinajstić information content (AvgIpc) is 3.12. The Morgan fingerprint density at radius 1 is 0.773 bits per heavy atom. The summed E-state index contributed by atoms with van der Waals surface area (Å²) in [5, 5.41) is 17.2. The topological polar surface area (TPSA) is 61.4 Å². The van der Waals surface area contributed by atoms with E-state index in [9.17, 15) is 0 Å². The molecule has 0 aliphatic heterocycles. The van der Waals surface area contributed by atoms with Crippen LogP contribution in [0.2, 0.25) is 0 Å². The van der Waals surface area contributed by atoms with Crippen LogP contribution >= 0.6 is 0 Å². The van der Waals surface area contributed by atoms with E-state index >= 15 is 0 Å². The molecule has 4 aromatic rings. The van der Waals surface area contributed by atoms with Crippen LogP contribution in [0.4, 0.5) is 0 Å². The summed E-state index contributed by atoms with van der Waals surface area (Å²) < 4.78 is 3.82. The molecule has 0 radical (unpaired) electrons. The summed E-state index contributed by atoms with van der Waals surface area (Å²) >= 11 is 0. The highest BCUT2D eigenvalue weighted by atomic mass is 15.5. The molecular formula is C16H16N6. The third kappa shape index (κ3) is 1.73. The fourth-order valence-electron chi connectivity index (χ4n) is 2.95. The Labute approximate surface area is 127 Å². The maximum atomic E-state index is 4.33. The van der Waals surface area contributed by atoms with Gasteiger partial charge in [0.15, 0.2) is 0 Å². The molecular weight excluding hydrogens is 276 g/mol. The first-order valence-corrected chi connectivity index (χ1v) is 7.28. The number of aromatic nitrogens is 6. The van der Waals surface area contributed by atoms with E-state index in [1.807, 2.05) is 33.6 Å². The van der Waals surface area contributed by atoms with Gasteiger partial charge in [0, 0.05) is 0 Å². The van der Waals surface area contributed by atoms with Crippen LogP contribution in [0.1, 0.15) is 24.2 Å². The highest BCUT2D eigenvalue weighted by Crippen LogP contribution is 2.24. The predicted octanol–water partition coefficient (Wildman–Crippen LogP) is 2.86. The SMILES string of the molecule is Cc1cccc2nnn(C(C)n3nnc4cccc(C)c43)c12. The monoisotopic (exact) mass is 292 g/mol. The molecule has 0 unspecified atom stereocenters. The first kappa shape index (κ1) is 12.9. The van der Waals surface area contributed by atoms with Crippen molar-refractivity contribution in [2.24, 2.45) is 0 Å². The van der Waals surface area contributed by atoms with Crippen LogP contribution in [0.5, 0.6) is 0 Å². The second kappa shape index (κ2) is 4.62. The number of hydrogen-bond donors (Lipinski definition) is 0. The first-order valence-electron chi connectivity index (χ1n) is 7.28. The molecule has 22 heavy (non-hydrogen) atoms. The Balaban J connectivity index is 1.94. The van der Waals surface area contributed by atoms with Gasteiger partial charge in [0.2, 0.25) is 0 Å². The number of fused-ring (bicyclic) bond motifs is 2. The largest absolute Gasteiger partial charge is 0.220 e. The summed E-state index contributed by atoms with van der Waals surface area (Å²) in [6, 6.07) is 12.1. The molecule has 6 nitrogen and oxygen atoms in total. The second-order valence-corrected chi connectivity index (χ2v) is 5.59.